The van der Waals surface area contributed by atoms with Gasteiger partial charge in [0.25, 0.3) is 0 Å². The van der Waals surface area contributed by atoms with Crippen molar-refractivity contribution in [2.45, 2.75) is 64.2 Å². The highest BCUT2D eigenvalue weighted by Crippen LogP contribution is 2.42. The van der Waals surface area contributed by atoms with E-state index in [9.17, 15) is 13.2 Å². The Morgan fingerprint density at radius 2 is 2.14 bits per heavy atom. The predicted octanol–water partition coefficient (Wildman–Crippen LogP) is 3.97. The molecule has 21 heavy (non-hydrogen) atoms. The largest absolute Gasteiger partial charge is 0.391 e. The molecule has 1 saturated carbocycles. The normalized spacial score (nSPS) is 27.1. The van der Waals surface area contributed by atoms with E-state index >= 15 is 0 Å². The van der Waals surface area contributed by atoms with Gasteiger partial charge in [-0.3, -0.25) is 4.68 Å². The second kappa shape index (κ2) is 5.91. The molecule has 120 valence electrons. The molecule has 7 heteroatoms. The van der Waals surface area contributed by atoms with Crippen molar-refractivity contribution in [2.75, 3.05) is 0 Å². The quantitative estimate of drug-likeness (QED) is 0.878. The number of aryl methyl sites for hydroxylation is 2. The molecule has 2 N–H and O–H groups in total. The van der Waals surface area contributed by atoms with Crippen LogP contribution in [0.4, 0.5) is 13.2 Å². The fourth-order valence-electron chi connectivity index (χ4n) is 3.21. The van der Waals surface area contributed by atoms with Gasteiger partial charge >= 0.3 is 6.18 Å². The molecule has 2 unspecified atom stereocenters. The molecule has 0 aromatic carbocycles. The molecule has 3 nitrogen and oxygen atoms in total. The second-order valence-electron chi connectivity index (χ2n) is 6.04. The molecule has 2 rings (SSSR count). The van der Waals surface area contributed by atoms with Gasteiger partial charge < -0.3 is 5.73 Å². The summed E-state index contributed by atoms with van der Waals surface area (Å²) >= 11 is 3.49. The summed E-state index contributed by atoms with van der Waals surface area (Å²) < 4.78 is 41.6. The molecule has 1 fully saturated rings. The minimum atomic E-state index is -4.15. The van der Waals surface area contributed by atoms with Crippen molar-refractivity contribution >= 4 is 15.9 Å². The standard InChI is InChI=1S/C14H21BrF3N3/c1-3-21-11(12(15)9(2)20-21)8-13(19)6-4-5-10(7-13)14(16,17)18/h10H,3-8,19H2,1-2H3. The monoisotopic (exact) mass is 367 g/mol. The van der Waals surface area contributed by atoms with Gasteiger partial charge in [0.15, 0.2) is 0 Å². The van der Waals surface area contributed by atoms with E-state index < -0.39 is 17.6 Å². The average molecular weight is 368 g/mol. The van der Waals surface area contributed by atoms with Crippen LogP contribution in [0, 0.1) is 12.8 Å². The van der Waals surface area contributed by atoms with E-state index in [1.54, 1.807) is 0 Å². The first-order chi connectivity index (χ1) is 9.66. The lowest BCUT2D eigenvalue weighted by Gasteiger charge is -2.39. The van der Waals surface area contributed by atoms with Crippen molar-refractivity contribution in [1.82, 2.24) is 9.78 Å². The zero-order chi connectivity index (χ0) is 15.8. The van der Waals surface area contributed by atoms with E-state index in [0.717, 1.165) is 15.9 Å². The van der Waals surface area contributed by atoms with Gasteiger partial charge in [0.1, 0.15) is 0 Å². The first-order valence-electron chi connectivity index (χ1n) is 7.23. The molecule has 1 heterocycles. The number of nitrogens with two attached hydrogens (primary N) is 1. The van der Waals surface area contributed by atoms with Crippen molar-refractivity contribution in [2.24, 2.45) is 11.7 Å². The Hall–Kier alpha value is -0.560. The average Bonchev–Trinajstić information content (AvgIpc) is 2.65. The lowest BCUT2D eigenvalue weighted by Crippen LogP contribution is -2.49. The summed E-state index contributed by atoms with van der Waals surface area (Å²) in [7, 11) is 0. The number of hydrogen-bond acceptors (Lipinski definition) is 2. The maximum Gasteiger partial charge on any atom is 0.391 e. The van der Waals surface area contributed by atoms with Crippen LogP contribution in [-0.4, -0.2) is 21.5 Å². The highest BCUT2D eigenvalue weighted by molar-refractivity contribution is 9.10. The molecule has 1 aliphatic rings. The Morgan fingerprint density at radius 1 is 1.48 bits per heavy atom. The van der Waals surface area contributed by atoms with Gasteiger partial charge in [0.05, 0.1) is 21.8 Å². The Balaban J connectivity index is 2.22. The van der Waals surface area contributed by atoms with E-state index in [4.69, 9.17) is 5.73 Å². The smallest absolute Gasteiger partial charge is 0.325 e. The van der Waals surface area contributed by atoms with Crippen molar-refractivity contribution in [3.05, 3.63) is 15.9 Å². The van der Waals surface area contributed by atoms with Crippen LogP contribution in [0.1, 0.15) is 44.0 Å². The summed E-state index contributed by atoms with van der Waals surface area (Å²) in [5, 5.41) is 4.39. The molecule has 0 aliphatic heterocycles. The lowest BCUT2D eigenvalue weighted by atomic mass is 9.73. The third-order valence-corrected chi connectivity index (χ3v) is 5.35. The molecular weight excluding hydrogens is 347 g/mol. The number of hydrogen-bond donors (Lipinski definition) is 1. The van der Waals surface area contributed by atoms with Crippen molar-refractivity contribution in [3.63, 3.8) is 0 Å². The maximum atomic E-state index is 13.0. The summed E-state index contributed by atoms with van der Waals surface area (Å²) in [6, 6.07) is 0. The minimum absolute atomic E-state index is 0.00309. The van der Waals surface area contributed by atoms with E-state index in [1.807, 2.05) is 18.5 Å². The summed E-state index contributed by atoms with van der Waals surface area (Å²) in [5.74, 6) is -1.28. The van der Waals surface area contributed by atoms with Crippen LogP contribution >= 0.6 is 15.9 Å². The van der Waals surface area contributed by atoms with Crippen LogP contribution in [0.3, 0.4) is 0 Å². The fraction of sp³-hybridized carbons (Fsp3) is 0.786. The molecule has 1 aliphatic carbocycles. The van der Waals surface area contributed by atoms with Crippen molar-refractivity contribution in [3.8, 4) is 0 Å². The third-order valence-electron chi connectivity index (χ3n) is 4.32. The van der Waals surface area contributed by atoms with Crippen LogP contribution in [0.2, 0.25) is 0 Å². The molecular formula is C14H21BrF3N3. The van der Waals surface area contributed by atoms with Gasteiger partial charge in [-0.25, -0.2) is 0 Å². The Bertz CT molecular complexity index is 512. The maximum absolute atomic E-state index is 13.0. The fourth-order valence-corrected chi connectivity index (χ4v) is 3.63. The first-order valence-corrected chi connectivity index (χ1v) is 8.03. The predicted molar refractivity (Wildman–Crippen MR) is 79.0 cm³/mol. The number of nitrogens with zero attached hydrogens (tertiary/aromatic N) is 2. The molecule has 0 saturated heterocycles. The zero-order valence-corrected chi connectivity index (χ0v) is 13.9. The van der Waals surface area contributed by atoms with Crippen LogP contribution in [-0.2, 0) is 13.0 Å². The first kappa shape index (κ1) is 16.8. The Morgan fingerprint density at radius 3 is 2.71 bits per heavy atom. The van der Waals surface area contributed by atoms with E-state index in [1.165, 1.54) is 0 Å². The van der Waals surface area contributed by atoms with Crippen molar-refractivity contribution < 1.29 is 13.2 Å². The van der Waals surface area contributed by atoms with Gasteiger partial charge in [-0.2, -0.15) is 18.3 Å². The topological polar surface area (TPSA) is 43.8 Å². The summed E-state index contributed by atoms with van der Waals surface area (Å²) in [6.45, 7) is 4.52. The third kappa shape index (κ3) is 3.62. The van der Waals surface area contributed by atoms with Crippen LogP contribution in [0.15, 0.2) is 4.47 Å². The number of alkyl halides is 3. The summed E-state index contributed by atoms with van der Waals surface area (Å²) in [6.07, 6.45) is -2.39. The van der Waals surface area contributed by atoms with Crippen LogP contribution in [0.5, 0.6) is 0 Å². The van der Waals surface area contributed by atoms with Crippen LogP contribution in [0.25, 0.3) is 0 Å². The molecule has 0 spiro atoms. The van der Waals surface area contributed by atoms with Gasteiger partial charge in [0.2, 0.25) is 0 Å². The zero-order valence-electron chi connectivity index (χ0n) is 12.3. The molecule has 2 atom stereocenters. The van der Waals surface area contributed by atoms with Gasteiger partial charge in [-0.05, 0) is 49.0 Å². The van der Waals surface area contributed by atoms with Crippen molar-refractivity contribution in [1.29, 1.82) is 0 Å². The van der Waals surface area contributed by atoms with Gasteiger partial charge in [0, 0.05) is 18.5 Å². The summed E-state index contributed by atoms with van der Waals surface area (Å²) in [4.78, 5) is 0. The second-order valence-corrected chi connectivity index (χ2v) is 6.83. The number of rotatable bonds is 3. The SMILES string of the molecule is CCn1nc(C)c(Br)c1CC1(N)CCCC(C(F)(F)F)C1. The highest BCUT2D eigenvalue weighted by Gasteiger charge is 2.46. The molecule has 0 radical (unpaired) electrons. The van der Waals surface area contributed by atoms with Crippen LogP contribution < -0.4 is 5.73 Å². The molecule has 1 aromatic heterocycles. The summed E-state index contributed by atoms with van der Waals surface area (Å²) in [5.41, 5.74) is 7.26. The molecule has 0 amide bonds. The molecule has 0 bridgehead atoms. The highest BCUT2D eigenvalue weighted by atomic mass is 79.9. The van der Waals surface area contributed by atoms with E-state index in [2.05, 4.69) is 21.0 Å². The van der Waals surface area contributed by atoms with Gasteiger partial charge in [-0.15, -0.1) is 0 Å². The molecule has 1 aromatic rings. The Kier molecular flexibility index (Phi) is 4.73. The Labute approximate surface area is 131 Å². The van der Waals surface area contributed by atoms with Gasteiger partial charge in [-0.1, -0.05) is 6.42 Å². The minimum Gasteiger partial charge on any atom is -0.325 e. The van der Waals surface area contributed by atoms with E-state index in [-0.39, 0.29) is 12.8 Å². The lowest BCUT2D eigenvalue weighted by molar-refractivity contribution is -0.187. The van der Waals surface area contributed by atoms with E-state index in [0.29, 0.717) is 25.8 Å². The number of aromatic nitrogens is 2. The number of halogens is 4.